The molecule has 2 heterocycles. The molecule has 2 aromatic carbocycles. The number of halogens is 1. The Morgan fingerprint density at radius 1 is 0.963 bits per heavy atom. The summed E-state index contributed by atoms with van der Waals surface area (Å²) >= 11 is 0.874. The lowest BCUT2D eigenvalue weighted by Crippen LogP contribution is -2.27. The minimum Gasteiger partial charge on any atom is -0.323 e. The number of carbonyl (C=O) groups is 2. The Balaban J connectivity index is 1.55. The van der Waals surface area contributed by atoms with Crippen LogP contribution in [0.4, 0.5) is 9.18 Å². The zero-order valence-electron chi connectivity index (χ0n) is 14.2. The first-order valence-electron chi connectivity index (χ1n) is 8.34. The van der Waals surface area contributed by atoms with E-state index in [1.54, 1.807) is 24.3 Å². The maximum absolute atomic E-state index is 13.8. The molecule has 1 aliphatic heterocycles. The molecule has 0 spiro atoms. The average Bonchev–Trinajstić information content (AvgIpc) is 3.25. The molecule has 0 saturated carbocycles. The van der Waals surface area contributed by atoms with Gasteiger partial charge in [0.25, 0.3) is 11.1 Å². The summed E-state index contributed by atoms with van der Waals surface area (Å²) in [5.74, 6) is -0.832. The van der Waals surface area contributed by atoms with Crippen LogP contribution in [-0.4, -0.2) is 20.6 Å². The first-order chi connectivity index (χ1) is 13.1. The fourth-order valence-electron chi connectivity index (χ4n) is 2.84. The van der Waals surface area contributed by atoms with Gasteiger partial charge in [-0.05, 0) is 47.7 Å². The number of carbonyl (C=O) groups excluding carboxylic acids is 2. The van der Waals surface area contributed by atoms with E-state index in [1.807, 2.05) is 53.4 Å². The summed E-state index contributed by atoms with van der Waals surface area (Å²) in [6.45, 7) is -0.0697. The lowest BCUT2D eigenvalue weighted by atomic mass is 10.2. The van der Waals surface area contributed by atoms with Gasteiger partial charge in [0.05, 0.1) is 11.4 Å². The zero-order valence-corrected chi connectivity index (χ0v) is 15.0. The quantitative estimate of drug-likeness (QED) is 0.609. The van der Waals surface area contributed by atoms with Gasteiger partial charge < -0.3 is 4.57 Å². The number of para-hydroxylation sites is 1. The number of thioether (sulfide) groups is 1. The molecule has 1 fully saturated rings. The molecule has 27 heavy (non-hydrogen) atoms. The van der Waals surface area contributed by atoms with Gasteiger partial charge >= 0.3 is 0 Å². The summed E-state index contributed by atoms with van der Waals surface area (Å²) in [5.41, 5.74) is 2.14. The van der Waals surface area contributed by atoms with Crippen molar-refractivity contribution in [1.29, 1.82) is 0 Å². The summed E-state index contributed by atoms with van der Waals surface area (Å²) in [7, 11) is 0. The van der Waals surface area contributed by atoms with Crippen molar-refractivity contribution in [2.75, 3.05) is 0 Å². The number of benzene rings is 2. The van der Waals surface area contributed by atoms with Crippen LogP contribution < -0.4 is 0 Å². The number of amides is 2. The zero-order chi connectivity index (χ0) is 18.8. The predicted octanol–water partition coefficient (Wildman–Crippen LogP) is 4.85. The van der Waals surface area contributed by atoms with Crippen molar-refractivity contribution < 1.29 is 14.0 Å². The van der Waals surface area contributed by atoms with Crippen LogP contribution in [0.2, 0.25) is 0 Å². The molecular weight excluding hydrogens is 363 g/mol. The van der Waals surface area contributed by atoms with Crippen molar-refractivity contribution >= 4 is 29.0 Å². The summed E-state index contributed by atoms with van der Waals surface area (Å²) < 4.78 is 15.8. The number of rotatable bonds is 4. The van der Waals surface area contributed by atoms with E-state index in [4.69, 9.17) is 0 Å². The minimum atomic E-state index is -0.430. The van der Waals surface area contributed by atoms with Crippen molar-refractivity contribution in [2.24, 2.45) is 0 Å². The second kappa shape index (κ2) is 7.25. The third kappa shape index (κ3) is 3.57. The Labute approximate surface area is 159 Å². The largest absolute Gasteiger partial charge is 0.323 e. The highest BCUT2D eigenvalue weighted by atomic mass is 32.2. The molecule has 4 rings (SSSR count). The molecular formula is C21H15FN2O2S. The highest BCUT2D eigenvalue weighted by Gasteiger charge is 2.35. The molecule has 1 aromatic heterocycles. The molecule has 4 nitrogen and oxygen atoms in total. The summed E-state index contributed by atoms with van der Waals surface area (Å²) in [4.78, 5) is 26.2. The second-order valence-corrected chi connectivity index (χ2v) is 7.04. The SMILES string of the molecule is O=C1S/C(=C/c2ccn(-c3ccccc3)c2)C(=O)N1Cc1ccccc1F. The molecule has 0 bridgehead atoms. The van der Waals surface area contributed by atoms with Gasteiger partial charge in [-0.25, -0.2) is 4.39 Å². The fourth-order valence-corrected chi connectivity index (χ4v) is 3.68. The van der Waals surface area contributed by atoms with Gasteiger partial charge in [0.1, 0.15) is 5.82 Å². The van der Waals surface area contributed by atoms with Crippen LogP contribution in [0.15, 0.2) is 78.0 Å². The van der Waals surface area contributed by atoms with Gasteiger partial charge in [0.15, 0.2) is 0 Å². The van der Waals surface area contributed by atoms with Gasteiger partial charge in [0, 0.05) is 23.6 Å². The first kappa shape index (κ1) is 17.3. The van der Waals surface area contributed by atoms with Gasteiger partial charge in [-0.2, -0.15) is 0 Å². The molecule has 6 heteroatoms. The third-order valence-electron chi connectivity index (χ3n) is 4.23. The Hall–Kier alpha value is -3.12. The number of aromatic nitrogens is 1. The minimum absolute atomic E-state index is 0.0697. The molecule has 0 atom stereocenters. The van der Waals surface area contributed by atoms with Gasteiger partial charge in [0.2, 0.25) is 0 Å². The topological polar surface area (TPSA) is 42.3 Å². The Bertz CT molecular complexity index is 1040. The van der Waals surface area contributed by atoms with E-state index in [1.165, 1.54) is 6.07 Å². The lowest BCUT2D eigenvalue weighted by molar-refractivity contribution is -0.123. The van der Waals surface area contributed by atoms with Crippen LogP contribution in [0.5, 0.6) is 0 Å². The van der Waals surface area contributed by atoms with E-state index < -0.39 is 17.0 Å². The van der Waals surface area contributed by atoms with E-state index >= 15 is 0 Å². The molecule has 1 aliphatic rings. The van der Waals surface area contributed by atoms with Crippen molar-refractivity contribution in [2.45, 2.75) is 6.54 Å². The van der Waals surface area contributed by atoms with E-state index in [0.29, 0.717) is 10.5 Å². The predicted molar refractivity (Wildman–Crippen MR) is 104 cm³/mol. The molecule has 0 N–H and O–H groups in total. The molecule has 0 aliphatic carbocycles. The monoisotopic (exact) mass is 378 g/mol. The van der Waals surface area contributed by atoms with Gasteiger partial charge in [-0.3, -0.25) is 14.5 Å². The maximum atomic E-state index is 13.8. The van der Waals surface area contributed by atoms with Crippen LogP contribution in [0.3, 0.4) is 0 Å². The Morgan fingerprint density at radius 2 is 1.70 bits per heavy atom. The standard InChI is InChI=1S/C21H15FN2O2S/c22-18-9-5-4-6-16(18)14-24-20(25)19(27-21(24)26)12-15-10-11-23(13-15)17-7-2-1-3-8-17/h1-13H,14H2/b19-12+. The van der Waals surface area contributed by atoms with E-state index in [2.05, 4.69) is 0 Å². The van der Waals surface area contributed by atoms with Crippen LogP contribution in [0, 0.1) is 5.82 Å². The van der Waals surface area contributed by atoms with Crippen molar-refractivity contribution in [3.63, 3.8) is 0 Å². The Kier molecular flexibility index (Phi) is 4.64. The molecule has 134 valence electrons. The highest BCUT2D eigenvalue weighted by Crippen LogP contribution is 2.33. The van der Waals surface area contributed by atoms with Gasteiger partial charge in [-0.15, -0.1) is 0 Å². The van der Waals surface area contributed by atoms with Crippen LogP contribution >= 0.6 is 11.8 Å². The normalized spacial score (nSPS) is 15.7. The average molecular weight is 378 g/mol. The number of hydrogen-bond donors (Lipinski definition) is 0. The van der Waals surface area contributed by atoms with Crippen LogP contribution in [0.1, 0.15) is 11.1 Å². The van der Waals surface area contributed by atoms with E-state index in [0.717, 1.165) is 27.9 Å². The highest BCUT2D eigenvalue weighted by molar-refractivity contribution is 8.18. The Morgan fingerprint density at radius 3 is 2.48 bits per heavy atom. The lowest BCUT2D eigenvalue weighted by Gasteiger charge is -2.12. The first-order valence-corrected chi connectivity index (χ1v) is 9.16. The van der Waals surface area contributed by atoms with Crippen LogP contribution in [0.25, 0.3) is 11.8 Å². The van der Waals surface area contributed by atoms with Crippen molar-refractivity contribution in [3.8, 4) is 5.69 Å². The van der Waals surface area contributed by atoms with Crippen molar-refractivity contribution in [1.82, 2.24) is 9.47 Å². The molecule has 0 unspecified atom stereocenters. The summed E-state index contributed by atoms with van der Waals surface area (Å²) in [5, 5.41) is -0.392. The summed E-state index contributed by atoms with van der Waals surface area (Å²) in [6.07, 6.45) is 5.47. The molecule has 2 amide bonds. The van der Waals surface area contributed by atoms with Crippen LogP contribution in [-0.2, 0) is 11.3 Å². The van der Waals surface area contributed by atoms with E-state index in [9.17, 15) is 14.0 Å². The third-order valence-corrected chi connectivity index (χ3v) is 5.14. The molecule has 3 aromatic rings. The van der Waals surface area contributed by atoms with Gasteiger partial charge in [-0.1, -0.05) is 36.4 Å². The van der Waals surface area contributed by atoms with E-state index in [-0.39, 0.29) is 6.54 Å². The number of imide groups is 1. The summed E-state index contributed by atoms with van der Waals surface area (Å²) in [6, 6.07) is 17.8. The number of hydrogen-bond acceptors (Lipinski definition) is 3. The second-order valence-electron chi connectivity index (χ2n) is 6.05. The molecule has 1 saturated heterocycles. The molecule has 0 radical (unpaired) electrons. The maximum Gasteiger partial charge on any atom is 0.293 e. The number of nitrogens with zero attached hydrogens (tertiary/aromatic N) is 2. The van der Waals surface area contributed by atoms with Crippen molar-refractivity contribution in [3.05, 3.63) is 94.9 Å². The fraction of sp³-hybridized carbons (Fsp3) is 0.0476. The smallest absolute Gasteiger partial charge is 0.293 e.